The van der Waals surface area contributed by atoms with Gasteiger partial charge in [-0.3, -0.25) is 4.79 Å². The van der Waals surface area contributed by atoms with Crippen LogP contribution in [0.25, 0.3) is 0 Å². The Morgan fingerprint density at radius 3 is 2.80 bits per heavy atom. The van der Waals surface area contributed by atoms with E-state index >= 15 is 0 Å². The Bertz CT molecular complexity index is 369. The number of hydrogen-bond donors (Lipinski definition) is 1. The second kappa shape index (κ2) is 4.63. The molecule has 0 aromatic carbocycles. The van der Waals surface area contributed by atoms with E-state index in [0.29, 0.717) is 5.69 Å². The van der Waals surface area contributed by atoms with Gasteiger partial charge >= 0.3 is 11.9 Å². The molecule has 1 atom stereocenters. The lowest BCUT2D eigenvalue weighted by molar-refractivity contribution is -0.141. The SMILES string of the molecule is COC(=O)c1cccn1CC(C)C(=O)O. The van der Waals surface area contributed by atoms with Gasteiger partial charge in [0.1, 0.15) is 5.69 Å². The predicted molar refractivity (Wildman–Crippen MR) is 52.6 cm³/mol. The number of carbonyl (C=O) groups is 2. The second-order valence-corrected chi connectivity index (χ2v) is 3.28. The molecule has 1 N–H and O–H groups in total. The van der Waals surface area contributed by atoms with E-state index in [1.807, 2.05) is 0 Å². The Morgan fingerprint density at radius 1 is 1.60 bits per heavy atom. The smallest absolute Gasteiger partial charge is 0.354 e. The number of aromatic nitrogens is 1. The molecular formula is C10H13NO4. The van der Waals surface area contributed by atoms with E-state index in [4.69, 9.17) is 5.11 Å². The van der Waals surface area contributed by atoms with E-state index in [1.54, 1.807) is 29.8 Å². The highest BCUT2D eigenvalue weighted by molar-refractivity contribution is 5.87. The molecule has 5 nitrogen and oxygen atoms in total. The number of hydrogen-bond acceptors (Lipinski definition) is 3. The van der Waals surface area contributed by atoms with Crippen molar-refractivity contribution in [3.63, 3.8) is 0 Å². The first-order valence-electron chi connectivity index (χ1n) is 4.52. The zero-order valence-electron chi connectivity index (χ0n) is 8.64. The summed E-state index contributed by atoms with van der Waals surface area (Å²) in [4.78, 5) is 21.9. The number of carbonyl (C=O) groups excluding carboxylic acids is 1. The fraction of sp³-hybridized carbons (Fsp3) is 0.400. The van der Waals surface area contributed by atoms with Crippen molar-refractivity contribution in [3.8, 4) is 0 Å². The highest BCUT2D eigenvalue weighted by atomic mass is 16.5. The van der Waals surface area contributed by atoms with Crippen molar-refractivity contribution in [1.29, 1.82) is 0 Å². The molecule has 0 saturated carbocycles. The quantitative estimate of drug-likeness (QED) is 0.754. The Labute approximate surface area is 87.3 Å². The number of rotatable bonds is 4. The minimum absolute atomic E-state index is 0.257. The monoisotopic (exact) mass is 211 g/mol. The summed E-state index contributed by atoms with van der Waals surface area (Å²) in [5.41, 5.74) is 0.366. The summed E-state index contributed by atoms with van der Waals surface area (Å²) in [5, 5.41) is 8.74. The van der Waals surface area contributed by atoms with E-state index in [9.17, 15) is 9.59 Å². The van der Waals surface area contributed by atoms with Crippen LogP contribution in [0.2, 0.25) is 0 Å². The lowest BCUT2D eigenvalue weighted by Gasteiger charge is -2.10. The van der Waals surface area contributed by atoms with Gasteiger partial charge in [-0.15, -0.1) is 0 Å². The number of ether oxygens (including phenoxy) is 1. The van der Waals surface area contributed by atoms with Crippen molar-refractivity contribution in [2.24, 2.45) is 5.92 Å². The Kier molecular flexibility index (Phi) is 3.49. The highest BCUT2D eigenvalue weighted by Gasteiger charge is 2.16. The average molecular weight is 211 g/mol. The fourth-order valence-corrected chi connectivity index (χ4v) is 1.24. The summed E-state index contributed by atoms with van der Waals surface area (Å²) in [6.45, 7) is 1.84. The number of nitrogens with zero attached hydrogens (tertiary/aromatic N) is 1. The largest absolute Gasteiger partial charge is 0.481 e. The summed E-state index contributed by atoms with van der Waals surface area (Å²) >= 11 is 0. The van der Waals surface area contributed by atoms with Crippen LogP contribution in [-0.2, 0) is 16.1 Å². The van der Waals surface area contributed by atoms with Crippen LogP contribution in [0.3, 0.4) is 0 Å². The summed E-state index contributed by atoms with van der Waals surface area (Å²) in [6, 6.07) is 3.28. The van der Waals surface area contributed by atoms with Crippen LogP contribution < -0.4 is 0 Å². The van der Waals surface area contributed by atoms with Gasteiger partial charge in [-0.05, 0) is 12.1 Å². The van der Waals surface area contributed by atoms with Crippen LogP contribution in [0.15, 0.2) is 18.3 Å². The molecule has 0 amide bonds. The molecule has 1 heterocycles. The first-order chi connectivity index (χ1) is 7.06. The molecule has 82 valence electrons. The number of methoxy groups -OCH3 is 1. The third kappa shape index (κ3) is 2.59. The van der Waals surface area contributed by atoms with E-state index in [2.05, 4.69) is 4.74 Å². The van der Waals surface area contributed by atoms with E-state index in [-0.39, 0.29) is 6.54 Å². The van der Waals surface area contributed by atoms with Gasteiger partial charge in [0, 0.05) is 12.7 Å². The molecule has 1 aromatic rings. The number of esters is 1. The van der Waals surface area contributed by atoms with Crippen molar-refractivity contribution in [2.75, 3.05) is 7.11 Å². The van der Waals surface area contributed by atoms with Gasteiger partial charge in [0.2, 0.25) is 0 Å². The van der Waals surface area contributed by atoms with Gasteiger partial charge in [-0.1, -0.05) is 6.92 Å². The predicted octanol–water partition coefficient (Wildman–Crippen LogP) is 0.995. The van der Waals surface area contributed by atoms with Crippen molar-refractivity contribution in [2.45, 2.75) is 13.5 Å². The van der Waals surface area contributed by atoms with Crippen molar-refractivity contribution in [3.05, 3.63) is 24.0 Å². The molecule has 0 aliphatic rings. The molecule has 1 aromatic heterocycles. The third-order valence-electron chi connectivity index (χ3n) is 2.12. The van der Waals surface area contributed by atoms with Gasteiger partial charge in [0.25, 0.3) is 0 Å². The lowest BCUT2D eigenvalue weighted by atomic mass is 10.2. The van der Waals surface area contributed by atoms with Gasteiger partial charge in [-0.2, -0.15) is 0 Å². The first kappa shape index (κ1) is 11.3. The maximum atomic E-state index is 11.3. The van der Waals surface area contributed by atoms with Crippen LogP contribution >= 0.6 is 0 Å². The minimum Gasteiger partial charge on any atom is -0.481 e. The molecule has 0 aliphatic carbocycles. The van der Waals surface area contributed by atoms with Crippen LogP contribution in [0.1, 0.15) is 17.4 Å². The average Bonchev–Trinajstić information content (AvgIpc) is 2.64. The molecule has 0 aliphatic heterocycles. The molecule has 0 bridgehead atoms. The molecule has 0 spiro atoms. The zero-order chi connectivity index (χ0) is 11.4. The first-order valence-corrected chi connectivity index (χ1v) is 4.52. The Hall–Kier alpha value is -1.78. The Balaban J connectivity index is 2.82. The maximum Gasteiger partial charge on any atom is 0.354 e. The molecule has 1 unspecified atom stereocenters. The van der Waals surface area contributed by atoms with E-state index in [1.165, 1.54) is 7.11 Å². The molecular weight excluding hydrogens is 198 g/mol. The van der Waals surface area contributed by atoms with Crippen LogP contribution in [-0.4, -0.2) is 28.7 Å². The highest BCUT2D eigenvalue weighted by Crippen LogP contribution is 2.08. The standard InChI is InChI=1S/C10H13NO4/c1-7(9(12)13)6-11-5-3-4-8(11)10(14)15-2/h3-5,7H,6H2,1-2H3,(H,12,13). The fourth-order valence-electron chi connectivity index (χ4n) is 1.24. The van der Waals surface area contributed by atoms with Gasteiger partial charge in [0.15, 0.2) is 0 Å². The minimum atomic E-state index is -0.889. The molecule has 0 saturated heterocycles. The van der Waals surface area contributed by atoms with Crippen molar-refractivity contribution in [1.82, 2.24) is 4.57 Å². The van der Waals surface area contributed by atoms with Crippen molar-refractivity contribution >= 4 is 11.9 Å². The number of carboxylic acid groups (broad SMARTS) is 1. The molecule has 15 heavy (non-hydrogen) atoms. The number of aliphatic carboxylic acids is 1. The number of carboxylic acids is 1. The molecule has 0 fully saturated rings. The molecule has 1 rings (SSSR count). The summed E-state index contributed by atoms with van der Waals surface area (Å²) < 4.78 is 6.14. The van der Waals surface area contributed by atoms with Crippen LogP contribution in [0.5, 0.6) is 0 Å². The zero-order valence-corrected chi connectivity index (χ0v) is 8.64. The Morgan fingerprint density at radius 2 is 2.27 bits per heavy atom. The summed E-state index contributed by atoms with van der Waals surface area (Å²) in [6.07, 6.45) is 1.66. The van der Waals surface area contributed by atoms with Gasteiger partial charge in [0.05, 0.1) is 13.0 Å². The molecule has 0 radical (unpaired) electrons. The normalized spacial score (nSPS) is 12.1. The van der Waals surface area contributed by atoms with Crippen LogP contribution in [0.4, 0.5) is 0 Å². The summed E-state index contributed by atoms with van der Waals surface area (Å²) in [5.74, 6) is -1.89. The summed E-state index contributed by atoms with van der Waals surface area (Å²) in [7, 11) is 1.29. The third-order valence-corrected chi connectivity index (χ3v) is 2.12. The van der Waals surface area contributed by atoms with E-state index in [0.717, 1.165) is 0 Å². The van der Waals surface area contributed by atoms with E-state index < -0.39 is 17.9 Å². The van der Waals surface area contributed by atoms with Gasteiger partial charge in [-0.25, -0.2) is 4.79 Å². The second-order valence-electron chi connectivity index (χ2n) is 3.28. The van der Waals surface area contributed by atoms with Crippen LogP contribution in [0, 0.1) is 5.92 Å². The van der Waals surface area contributed by atoms with Gasteiger partial charge < -0.3 is 14.4 Å². The maximum absolute atomic E-state index is 11.3. The van der Waals surface area contributed by atoms with Crippen molar-refractivity contribution < 1.29 is 19.4 Å². The topological polar surface area (TPSA) is 68.5 Å². The molecule has 5 heteroatoms. The lowest BCUT2D eigenvalue weighted by Crippen LogP contribution is -2.19.